The Labute approximate surface area is 71.8 Å². The van der Waals surface area contributed by atoms with E-state index in [0.29, 0.717) is 0 Å². The lowest BCUT2D eigenvalue weighted by molar-refractivity contribution is 0.809. The van der Waals surface area contributed by atoms with Crippen LogP contribution in [-0.4, -0.2) is 11.5 Å². The lowest BCUT2D eigenvalue weighted by Crippen LogP contribution is -1.90. The molecule has 0 aromatic rings. The highest BCUT2D eigenvalue weighted by atomic mass is 32.2. The van der Waals surface area contributed by atoms with Crippen molar-refractivity contribution in [1.29, 1.82) is 0 Å². The van der Waals surface area contributed by atoms with E-state index in [-0.39, 0.29) is 0 Å². The summed E-state index contributed by atoms with van der Waals surface area (Å²) in [7, 11) is 0. The van der Waals surface area contributed by atoms with Gasteiger partial charge in [-0.15, -0.1) is 23.5 Å². The van der Waals surface area contributed by atoms with Gasteiger partial charge in [0.1, 0.15) is 0 Å². The minimum absolute atomic E-state index is 1.31. The zero-order valence-electron chi connectivity index (χ0n) is 6.43. The van der Waals surface area contributed by atoms with Crippen LogP contribution < -0.4 is 0 Å². The van der Waals surface area contributed by atoms with Gasteiger partial charge in [-0.3, -0.25) is 0 Å². The molecule has 58 valence electrons. The predicted octanol–water partition coefficient (Wildman–Crippen LogP) is 3.50. The van der Waals surface area contributed by atoms with E-state index in [1.165, 1.54) is 30.8 Å². The zero-order chi connectivity index (χ0) is 7.23. The van der Waals surface area contributed by atoms with Gasteiger partial charge in [-0.25, -0.2) is 0 Å². The van der Waals surface area contributed by atoms with Crippen molar-refractivity contribution >= 4 is 23.5 Å². The van der Waals surface area contributed by atoms with Gasteiger partial charge in [-0.2, -0.15) is 0 Å². The highest BCUT2D eigenvalue weighted by Crippen LogP contribution is 2.29. The summed E-state index contributed by atoms with van der Waals surface area (Å²) < 4.78 is 0. The second-order valence-electron chi connectivity index (χ2n) is 2.41. The Hall–Kier alpha value is 0.440. The molecule has 1 rings (SSSR count). The average Bonchev–Trinajstić information content (AvgIpc) is 2.03. The molecular formula is C8H14S2. The first-order valence-electron chi connectivity index (χ1n) is 3.87. The number of hydrogen-bond acceptors (Lipinski definition) is 2. The van der Waals surface area contributed by atoms with Gasteiger partial charge in [0.25, 0.3) is 0 Å². The van der Waals surface area contributed by atoms with E-state index in [1.54, 1.807) is 4.91 Å². The van der Waals surface area contributed by atoms with E-state index in [1.807, 2.05) is 23.5 Å². The Kier molecular flexibility index (Phi) is 4.39. The number of rotatable bonds is 3. The van der Waals surface area contributed by atoms with Gasteiger partial charge < -0.3 is 0 Å². The van der Waals surface area contributed by atoms with Crippen molar-refractivity contribution in [2.24, 2.45) is 0 Å². The molecule has 1 aliphatic rings. The highest BCUT2D eigenvalue weighted by Gasteiger charge is 2.02. The van der Waals surface area contributed by atoms with Gasteiger partial charge in [0.15, 0.2) is 0 Å². The minimum atomic E-state index is 1.31. The molecule has 0 saturated carbocycles. The molecule has 0 aromatic carbocycles. The van der Waals surface area contributed by atoms with Gasteiger partial charge in [-0.1, -0.05) is 13.3 Å². The van der Waals surface area contributed by atoms with Crippen molar-refractivity contribution in [3.05, 3.63) is 10.3 Å². The largest absolute Gasteiger partial charge is 0.132 e. The van der Waals surface area contributed by atoms with Gasteiger partial charge in [0, 0.05) is 11.5 Å². The van der Waals surface area contributed by atoms with Gasteiger partial charge >= 0.3 is 0 Å². The molecule has 0 fully saturated rings. The van der Waals surface area contributed by atoms with Crippen molar-refractivity contribution in [3.8, 4) is 0 Å². The minimum Gasteiger partial charge on any atom is -0.132 e. The number of thioether (sulfide) groups is 2. The van der Waals surface area contributed by atoms with Crippen LogP contribution in [0.3, 0.4) is 0 Å². The molecule has 0 N–H and O–H groups in total. The maximum absolute atomic E-state index is 2.34. The highest BCUT2D eigenvalue weighted by molar-refractivity contribution is 8.09. The fourth-order valence-electron chi connectivity index (χ4n) is 0.889. The molecule has 0 spiro atoms. The fourth-order valence-corrected chi connectivity index (χ4v) is 3.06. The molecule has 1 heterocycles. The van der Waals surface area contributed by atoms with Crippen LogP contribution in [-0.2, 0) is 0 Å². The lowest BCUT2D eigenvalue weighted by atomic mass is 10.2. The standard InChI is InChI=1S/C8H14S2/c1-2-3-4-8-7-9-5-6-10-8/h7H,2-6H2,1H3. The van der Waals surface area contributed by atoms with Gasteiger partial charge in [-0.05, 0) is 23.2 Å². The molecular weight excluding hydrogens is 160 g/mol. The molecule has 0 aromatic heterocycles. The number of allylic oxidation sites excluding steroid dienone is 1. The van der Waals surface area contributed by atoms with Gasteiger partial charge in [0.2, 0.25) is 0 Å². The quantitative estimate of drug-likeness (QED) is 0.642. The van der Waals surface area contributed by atoms with Crippen LogP contribution in [0.2, 0.25) is 0 Å². The maximum atomic E-state index is 2.34. The van der Waals surface area contributed by atoms with E-state index in [9.17, 15) is 0 Å². The molecule has 0 bridgehead atoms. The van der Waals surface area contributed by atoms with E-state index in [2.05, 4.69) is 12.3 Å². The molecule has 0 aliphatic carbocycles. The first-order valence-corrected chi connectivity index (χ1v) is 5.90. The van der Waals surface area contributed by atoms with Crippen molar-refractivity contribution in [2.75, 3.05) is 11.5 Å². The van der Waals surface area contributed by atoms with Crippen LogP contribution in [0, 0.1) is 0 Å². The van der Waals surface area contributed by atoms with E-state index in [0.717, 1.165) is 0 Å². The van der Waals surface area contributed by atoms with Crippen LogP contribution in [0.1, 0.15) is 26.2 Å². The first-order chi connectivity index (χ1) is 4.93. The van der Waals surface area contributed by atoms with Crippen LogP contribution in [0.4, 0.5) is 0 Å². The topological polar surface area (TPSA) is 0 Å². The molecule has 2 heteroatoms. The molecule has 10 heavy (non-hydrogen) atoms. The van der Waals surface area contributed by atoms with Gasteiger partial charge in [0.05, 0.1) is 0 Å². The van der Waals surface area contributed by atoms with Crippen molar-refractivity contribution < 1.29 is 0 Å². The Bertz CT molecular complexity index is 118. The molecule has 0 radical (unpaired) electrons. The normalized spacial score (nSPS) is 18.7. The summed E-state index contributed by atoms with van der Waals surface area (Å²) in [6, 6.07) is 0. The van der Waals surface area contributed by atoms with Crippen LogP contribution >= 0.6 is 23.5 Å². The molecule has 0 atom stereocenters. The van der Waals surface area contributed by atoms with Crippen LogP contribution in [0.5, 0.6) is 0 Å². The summed E-state index contributed by atoms with van der Waals surface area (Å²) in [5, 5.41) is 2.34. The molecule has 0 amide bonds. The summed E-state index contributed by atoms with van der Waals surface area (Å²) in [5.74, 6) is 2.63. The molecule has 0 saturated heterocycles. The van der Waals surface area contributed by atoms with Crippen LogP contribution in [0.15, 0.2) is 10.3 Å². The smallest absolute Gasteiger partial charge is 0.00713 e. The Morgan fingerprint density at radius 1 is 1.50 bits per heavy atom. The average molecular weight is 174 g/mol. The third-order valence-electron chi connectivity index (χ3n) is 1.48. The molecule has 0 unspecified atom stereocenters. The Morgan fingerprint density at radius 2 is 2.40 bits per heavy atom. The van der Waals surface area contributed by atoms with Crippen molar-refractivity contribution in [1.82, 2.24) is 0 Å². The second kappa shape index (κ2) is 5.14. The summed E-state index contributed by atoms with van der Waals surface area (Å²) in [5.41, 5.74) is 0. The Balaban J connectivity index is 2.18. The van der Waals surface area contributed by atoms with Crippen molar-refractivity contribution in [2.45, 2.75) is 26.2 Å². The van der Waals surface area contributed by atoms with E-state index >= 15 is 0 Å². The molecule has 0 nitrogen and oxygen atoms in total. The maximum Gasteiger partial charge on any atom is 0.00713 e. The third kappa shape index (κ3) is 3.02. The summed E-state index contributed by atoms with van der Waals surface area (Å²) in [6.07, 6.45) is 4.00. The number of unbranched alkanes of at least 4 members (excludes halogenated alkanes) is 1. The monoisotopic (exact) mass is 174 g/mol. The summed E-state index contributed by atoms with van der Waals surface area (Å²) >= 11 is 4.01. The van der Waals surface area contributed by atoms with Crippen LogP contribution in [0.25, 0.3) is 0 Å². The van der Waals surface area contributed by atoms with E-state index < -0.39 is 0 Å². The second-order valence-corrected chi connectivity index (χ2v) is 4.61. The number of hydrogen-bond donors (Lipinski definition) is 0. The SMILES string of the molecule is CCCCC1=CSCCS1. The van der Waals surface area contributed by atoms with Crippen molar-refractivity contribution in [3.63, 3.8) is 0 Å². The zero-order valence-corrected chi connectivity index (χ0v) is 8.06. The molecule has 1 aliphatic heterocycles. The summed E-state index contributed by atoms with van der Waals surface area (Å²) in [4.78, 5) is 1.61. The fraction of sp³-hybridized carbons (Fsp3) is 0.750. The predicted molar refractivity (Wildman–Crippen MR) is 52.5 cm³/mol. The lowest BCUT2D eigenvalue weighted by Gasteiger charge is -2.10. The summed E-state index contributed by atoms with van der Waals surface area (Å²) in [6.45, 7) is 2.25. The van der Waals surface area contributed by atoms with E-state index in [4.69, 9.17) is 0 Å². The third-order valence-corrected chi connectivity index (χ3v) is 3.88. The Morgan fingerprint density at radius 3 is 3.00 bits per heavy atom. The first kappa shape index (κ1) is 8.54.